The highest BCUT2D eigenvalue weighted by Gasteiger charge is 2.30. The summed E-state index contributed by atoms with van der Waals surface area (Å²) in [6.45, 7) is 5.10. The van der Waals surface area contributed by atoms with Crippen molar-refractivity contribution in [3.8, 4) is 0 Å². The van der Waals surface area contributed by atoms with Crippen LogP contribution in [0.25, 0.3) is 0 Å². The first-order valence-corrected chi connectivity index (χ1v) is 11.0. The fraction of sp³-hybridized carbons (Fsp3) is 0.579. The van der Waals surface area contributed by atoms with Gasteiger partial charge in [-0.2, -0.15) is 8.42 Å². The van der Waals surface area contributed by atoms with Gasteiger partial charge in [0, 0.05) is 31.7 Å². The molecule has 2 heterocycles. The zero-order valence-electron chi connectivity index (χ0n) is 16.0. The second-order valence-corrected chi connectivity index (χ2v) is 8.90. The second kappa shape index (κ2) is 8.39. The van der Waals surface area contributed by atoms with Crippen molar-refractivity contribution in [2.75, 3.05) is 33.2 Å². The molecule has 0 spiro atoms. The Bertz CT molecular complexity index is 822. The van der Waals surface area contributed by atoms with Crippen LogP contribution >= 0.6 is 0 Å². The van der Waals surface area contributed by atoms with Crippen molar-refractivity contribution in [1.29, 1.82) is 0 Å². The lowest BCUT2D eigenvalue weighted by Crippen LogP contribution is -2.41. The smallest absolute Gasteiger partial charge is 0.285 e. The predicted molar refractivity (Wildman–Crippen MR) is 105 cm³/mol. The van der Waals surface area contributed by atoms with Gasteiger partial charge in [0.2, 0.25) is 5.91 Å². The largest absolute Gasteiger partial charge is 0.355 e. The van der Waals surface area contributed by atoms with Gasteiger partial charge < -0.3 is 15.1 Å². The average molecular weight is 393 g/mol. The van der Waals surface area contributed by atoms with E-state index >= 15 is 0 Å². The van der Waals surface area contributed by atoms with Gasteiger partial charge in [-0.15, -0.1) is 4.40 Å². The van der Waals surface area contributed by atoms with Crippen molar-refractivity contribution in [3.63, 3.8) is 0 Å². The maximum atomic E-state index is 12.2. The monoisotopic (exact) mass is 392 g/mol. The van der Waals surface area contributed by atoms with Crippen LogP contribution in [0.1, 0.15) is 38.2 Å². The fourth-order valence-electron chi connectivity index (χ4n) is 3.71. The maximum absolute atomic E-state index is 12.2. The normalized spacial score (nSPS) is 21.4. The lowest BCUT2D eigenvalue weighted by molar-refractivity contribution is -0.121. The van der Waals surface area contributed by atoms with Crippen LogP contribution in [0.3, 0.4) is 0 Å². The molecule has 1 fully saturated rings. The van der Waals surface area contributed by atoms with E-state index < -0.39 is 10.0 Å². The Kier molecular flexibility index (Phi) is 6.16. The van der Waals surface area contributed by atoms with Gasteiger partial charge in [-0.1, -0.05) is 18.6 Å². The Balaban J connectivity index is 1.47. The van der Waals surface area contributed by atoms with Crippen LogP contribution in [0, 0.1) is 0 Å². The Labute approximate surface area is 161 Å². The number of rotatable bonds is 6. The molecule has 1 saturated heterocycles. The van der Waals surface area contributed by atoms with Gasteiger partial charge >= 0.3 is 0 Å². The summed E-state index contributed by atoms with van der Waals surface area (Å²) < 4.78 is 28.1. The number of benzene rings is 1. The molecular weight excluding hydrogens is 364 g/mol. The molecule has 1 amide bonds. The Morgan fingerprint density at radius 1 is 1.33 bits per heavy atom. The minimum Gasteiger partial charge on any atom is -0.355 e. The van der Waals surface area contributed by atoms with Crippen molar-refractivity contribution in [3.05, 3.63) is 29.8 Å². The van der Waals surface area contributed by atoms with Crippen LogP contribution in [0.15, 0.2) is 33.6 Å². The Morgan fingerprint density at radius 3 is 2.89 bits per heavy atom. The molecule has 0 radical (unpaired) electrons. The molecule has 2 aliphatic rings. The van der Waals surface area contributed by atoms with Gasteiger partial charge in [-0.05, 0) is 44.9 Å². The molecule has 0 bridgehead atoms. The van der Waals surface area contributed by atoms with Gasteiger partial charge in [-0.25, -0.2) is 0 Å². The second-order valence-electron chi connectivity index (χ2n) is 7.33. The van der Waals surface area contributed by atoms with E-state index in [0.29, 0.717) is 24.0 Å². The number of piperidine rings is 1. The number of likely N-dealkylation sites (N-methyl/N-ethyl adjacent to an activating group) is 1. The Morgan fingerprint density at radius 2 is 2.11 bits per heavy atom. The third-order valence-corrected chi connectivity index (χ3v) is 6.56. The summed E-state index contributed by atoms with van der Waals surface area (Å²) in [5.41, 5.74) is 0.548. The SMILES string of the molecule is C[C@@H]1CCCCN1CCCNC(=O)CN(C)C1=NS(=O)(=O)c2ccccc21. The maximum Gasteiger partial charge on any atom is 0.285 e. The van der Waals surface area contributed by atoms with Gasteiger partial charge in [-0.3, -0.25) is 4.79 Å². The lowest BCUT2D eigenvalue weighted by atomic mass is 10.0. The molecule has 7 nitrogen and oxygen atoms in total. The van der Waals surface area contributed by atoms with Crippen LogP contribution < -0.4 is 5.32 Å². The summed E-state index contributed by atoms with van der Waals surface area (Å²) in [7, 11) is -1.98. The highest BCUT2D eigenvalue weighted by Crippen LogP contribution is 2.26. The highest BCUT2D eigenvalue weighted by molar-refractivity contribution is 7.90. The molecule has 0 unspecified atom stereocenters. The van der Waals surface area contributed by atoms with Gasteiger partial charge in [0.25, 0.3) is 10.0 Å². The number of hydrogen-bond acceptors (Lipinski definition) is 5. The van der Waals surface area contributed by atoms with E-state index in [4.69, 9.17) is 0 Å². The number of fused-ring (bicyclic) bond motifs is 1. The Hall–Kier alpha value is -1.93. The fourth-order valence-corrected chi connectivity index (χ4v) is 4.96. The molecule has 148 valence electrons. The average Bonchev–Trinajstić information content (AvgIpc) is 2.92. The molecular formula is C19H28N4O3S. The van der Waals surface area contributed by atoms with E-state index in [9.17, 15) is 13.2 Å². The van der Waals surface area contributed by atoms with Crippen molar-refractivity contribution >= 4 is 21.8 Å². The van der Waals surface area contributed by atoms with Crippen LogP contribution in [-0.4, -0.2) is 69.2 Å². The van der Waals surface area contributed by atoms with Crippen molar-refractivity contribution in [1.82, 2.24) is 15.1 Å². The molecule has 8 heteroatoms. The predicted octanol–water partition coefficient (Wildman–Crippen LogP) is 1.45. The molecule has 3 rings (SSSR count). The first-order chi connectivity index (χ1) is 12.9. The van der Waals surface area contributed by atoms with Crippen molar-refractivity contribution in [2.24, 2.45) is 4.40 Å². The highest BCUT2D eigenvalue weighted by atomic mass is 32.2. The lowest BCUT2D eigenvalue weighted by Gasteiger charge is -2.33. The molecule has 2 aliphatic heterocycles. The van der Waals surface area contributed by atoms with E-state index in [2.05, 4.69) is 21.5 Å². The molecule has 1 aromatic rings. The summed E-state index contributed by atoms with van der Waals surface area (Å²) in [4.78, 5) is 16.5. The van der Waals surface area contributed by atoms with E-state index in [0.717, 1.165) is 19.5 Å². The molecule has 1 N–H and O–H groups in total. The third-order valence-electron chi connectivity index (χ3n) is 5.24. The zero-order chi connectivity index (χ0) is 19.4. The van der Waals surface area contributed by atoms with Crippen LogP contribution in [0.2, 0.25) is 0 Å². The minimum atomic E-state index is -3.67. The number of nitrogens with one attached hydrogen (secondary N) is 1. The summed E-state index contributed by atoms with van der Waals surface area (Å²) in [6.07, 6.45) is 4.74. The van der Waals surface area contributed by atoms with Crippen molar-refractivity contribution in [2.45, 2.75) is 43.5 Å². The molecule has 1 aromatic carbocycles. The number of nitrogens with zero attached hydrogens (tertiary/aromatic N) is 3. The quantitative estimate of drug-likeness (QED) is 0.741. The van der Waals surface area contributed by atoms with E-state index in [1.165, 1.54) is 25.3 Å². The number of sulfonamides is 1. The first kappa shape index (κ1) is 19.8. The summed E-state index contributed by atoms with van der Waals surface area (Å²) >= 11 is 0. The number of carbonyl (C=O) groups is 1. The molecule has 0 saturated carbocycles. The van der Waals surface area contributed by atoms with E-state index in [-0.39, 0.29) is 17.3 Å². The summed E-state index contributed by atoms with van der Waals surface area (Å²) in [5, 5.41) is 2.92. The van der Waals surface area contributed by atoms with Crippen LogP contribution in [-0.2, 0) is 14.8 Å². The number of carbonyl (C=O) groups excluding carboxylic acids is 1. The van der Waals surface area contributed by atoms with E-state index in [1.54, 1.807) is 30.1 Å². The number of amides is 1. The van der Waals surface area contributed by atoms with Gasteiger partial charge in [0.1, 0.15) is 4.90 Å². The molecule has 0 aliphatic carbocycles. The molecule has 27 heavy (non-hydrogen) atoms. The summed E-state index contributed by atoms with van der Waals surface area (Å²) in [6, 6.07) is 7.32. The molecule has 0 aromatic heterocycles. The zero-order valence-corrected chi connectivity index (χ0v) is 16.8. The minimum absolute atomic E-state index is 0.0722. The number of hydrogen-bond donors (Lipinski definition) is 1. The number of amidine groups is 1. The van der Waals surface area contributed by atoms with Crippen LogP contribution in [0.5, 0.6) is 0 Å². The van der Waals surface area contributed by atoms with Gasteiger partial charge in [0.15, 0.2) is 5.84 Å². The van der Waals surface area contributed by atoms with Gasteiger partial charge in [0.05, 0.1) is 6.54 Å². The summed E-state index contributed by atoms with van der Waals surface area (Å²) in [5.74, 6) is 0.191. The third kappa shape index (κ3) is 4.68. The van der Waals surface area contributed by atoms with Crippen molar-refractivity contribution < 1.29 is 13.2 Å². The standard InChI is InChI=1S/C19H28N4O3S/c1-15-8-5-6-12-23(15)13-7-11-20-18(24)14-22(2)19-16-9-3-4-10-17(16)27(25,26)21-19/h3-4,9-10,15H,5-8,11-14H2,1-2H3,(H,20,24)/t15-/m1/s1. The first-order valence-electron chi connectivity index (χ1n) is 9.55. The van der Waals surface area contributed by atoms with E-state index in [1.807, 2.05) is 0 Å². The molecule has 1 atom stereocenters. The number of likely N-dealkylation sites (tertiary alicyclic amines) is 1. The van der Waals surface area contributed by atoms with Crippen LogP contribution in [0.4, 0.5) is 0 Å². The topological polar surface area (TPSA) is 82.1 Å².